The van der Waals surface area contributed by atoms with E-state index in [0.29, 0.717) is 37.6 Å². The second kappa shape index (κ2) is 11.5. The third kappa shape index (κ3) is 6.47. The molecule has 1 aromatic carbocycles. The van der Waals surface area contributed by atoms with E-state index >= 15 is 0 Å². The van der Waals surface area contributed by atoms with Gasteiger partial charge in [0.25, 0.3) is 0 Å². The van der Waals surface area contributed by atoms with E-state index in [-0.39, 0.29) is 17.8 Å². The smallest absolute Gasteiger partial charge is 0.338 e. The fourth-order valence-electron chi connectivity index (χ4n) is 6.43. The van der Waals surface area contributed by atoms with Gasteiger partial charge in [-0.15, -0.1) is 0 Å². The number of carbonyl (C=O) groups is 2. The van der Waals surface area contributed by atoms with Crippen LogP contribution >= 0.6 is 0 Å². The van der Waals surface area contributed by atoms with Crippen molar-refractivity contribution in [3.63, 3.8) is 0 Å². The van der Waals surface area contributed by atoms with E-state index in [0.717, 1.165) is 37.7 Å². The number of anilines is 1. The highest BCUT2D eigenvalue weighted by Gasteiger charge is 2.53. The summed E-state index contributed by atoms with van der Waals surface area (Å²) in [6.07, 6.45) is 6.41. The van der Waals surface area contributed by atoms with Crippen LogP contribution < -0.4 is 22.5 Å². The van der Waals surface area contributed by atoms with Crippen LogP contribution in [0.25, 0.3) is 5.69 Å². The van der Waals surface area contributed by atoms with Gasteiger partial charge >= 0.3 is 11.7 Å². The number of nitrogens with one attached hydrogen (secondary N) is 1. The highest BCUT2D eigenvalue weighted by atomic mass is 16.2. The first-order valence-electron chi connectivity index (χ1n) is 14.8. The summed E-state index contributed by atoms with van der Waals surface area (Å²) in [6.45, 7) is 10.3. The molecule has 5 rings (SSSR count). The molecule has 0 radical (unpaired) electrons. The van der Waals surface area contributed by atoms with Crippen molar-refractivity contribution in [2.24, 2.45) is 22.8 Å². The molecule has 11 nitrogen and oxygen atoms in total. The lowest BCUT2D eigenvalue weighted by Crippen LogP contribution is -2.58. The molecule has 2 atom stereocenters. The van der Waals surface area contributed by atoms with Crippen LogP contribution in [0.5, 0.6) is 0 Å². The number of likely N-dealkylation sites (tertiary alicyclic amines) is 1. The number of piperazine rings is 1. The van der Waals surface area contributed by atoms with Crippen LogP contribution in [0, 0.1) is 11.3 Å². The van der Waals surface area contributed by atoms with E-state index in [1.54, 1.807) is 35.9 Å². The molecule has 222 valence electrons. The standard InChI is InChI=1S/C30H44N8O3/c1-21(35-12-9-30(10-13-35)19-23(30)20-31)18-22-4-6-24(7-5-22)38-11-8-25(34-28(38)41)33-27(40)37-16-14-36(15-17-37)26(39)29(2,3)32/h4-8,11,21,23H,9-10,12-20,31-32H2,1-3H3,(H,33,34,40,41). The Bertz CT molecular complexity index is 1300. The Balaban J connectivity index is 1.12. The summed E-state index contributed by atoms with van der Waals surface area (Å²) >= 11 is 0. The van der Waals surface area contributed by atoms with Crippen LogP contribution in [-0.2, 0) is 11.2 Å². The molecule has 3 amide bonds. The number of hydrogen-bond donors (Lipinski definition) is 3. The molecule has 0 bridgehead atoms. The van der Waals surface area contributed by atoms with Gasteiger partial charge < -0.3 is 26.2 Å². The third-order valence-electron chi connectivity index (χ3n) is 9.25. The van der Waals surface area contributed by atoms with Gasteiger partial charge in [-0.1, -0.05) is 12.1 Å². The van der Waals surface area contributed by atoms with Gasteiger partial charge in [0.1, 0.15) is 5.82 Å². The van der Waals surface area contributed by atoms with Gasteiger partial charge in [-0.25, -0.2) is 9.59 Å². The molecule has 11 heteroatoms. The first-order chi connectivity index (χ1) is 19.5. The maximum Gasteiger partial charge on any atom is 0.354 e. The summed E-state index contributed by atoms with van der Waals surface area (Å²) in [6, 6.07) is 9.73. The van der Waals surface area contributed by atoms with Crippen LogP contribution in [0.2, 0.25) is 0 Å². The topological polar surface area (TPSA) is 143 Å². The van der Waals surface area contributed by atoms with Crippen molar-refractivity contribution in [3.05, 3.63) is 52.6 Å². The van der Waals surface area contributed by atoms with E-state index in [1.165, 1.54) is 29.4 Å². The molecule has 1 saturated carbocycles. The zero-order chi connectivity index (χ0) is 29.4. The minimum Gasteiger partial charge on any atom is -0.338 e. The number of aromatic nitrogens is 2. The molecule has 3 aliphatic rings. The second-order valence-corrected chi connectivity index (χ2v) is 12.7. The van der Waals surface area contributed by atoms with Crippen molar-refractivity contribution >= 4 is 17.8 Å². The van der Waals surface area contributed by atoms with E-state index in [2.05, 4.69) is 34.3 Å². The van der Waals surface area contributed by atoms with Gasteiger partial charge in [0.05, 0.1) is 11.2 Å². The molecule has 2 aliphatic heterocycles. The fraction of sp³-hybridized carbons (Fsp3) is 0.600. The number of benzene rings is 1. The first kappa shape index (κ1) is 29.2. The zero-order valence-electron chi connectivity index (χ0n) is 24.5. The first-order valence-corrected chi connectivity index (χ1v) is 14.8. The Hall–Kier alpha value is -3.28. The lowest BCUT2D eigenvalue weighted by molar-refractivity contribution is -0.137. The van der Waals surface area contributed by atoms with E-state index in [4.69, 9.17) is 11.5 Å². The summed E-state index contributed by atoms with van der Waals surface area (Å²) < 4.78 is 1.47. The van der Waals surface area contributed by atoms with Crippen LogP contribution in [0.15, 0.2) is 41.3 Å². The molecule has 2 aromatic rings. The number of nitrogens with zero attached hydrogens (tertiary/aromatic N) is 5. The quantitative estimate of drug-likeness (QED) is 0.464. The molecule has 5 N–H and O–H groups in total. The van der Waals surface area contributed by atoms with Gasteiger partial charge in [0, 0.05) is 38.4 Å². The van der Waals surface area contributed by atoms with E-state index in [9.17, 15) is 14.4 Å². The van der Waals surface area contributed by atoms with Crippen molar-refractivity contribution in [3.8, 4) is 5.69 Å². The summed E-state index contributed by atoms with van der Waals surface area (Å²) in [5.41, 5.74) is 12.9. The van der Waals surface area contributed by atoms with Crippen LogP contribution in [-0.4, -0.2) is 93.6 Å². The van der Waals surface area contributed by atoms with E-state index < -0.39 is 11.2 Å². The molecular formula is C30H44N8O3. The Morgan fingerprint density at radius 2 is 1.68 bits per heavy atom. The van der Waals surface area contributed by atoms with Crippen LogP contribution in [0.1, 0.15) is 45.6 Å². The molecule has 2 saturated heterocycles. The molecule has 3 heterocycles. The van der Waals surface area contributed by atoms with Gasteiger partial charge in [-0.3, -0.25) is 14.7 Å². The largest absolute Gasteiger partial charge is 0.354 e. The monoisotopic (exact) mass is 564 g/mol. The third-order valence-corrected chi connectivity index (χ3v) is 9.25. The molecule has 1 aromatic heterocycles. The number of nitrogens with two attached hydrogens (primary N) is 2. The maximum atomic E-state index is 12.8. The maximum absolute atomic E-state index is 12.8. The number of carbonyl (C=O) groups excluding carboxylic acids is 2. The van der Waals surface area contributed by atoms with Crippen molar-refractivity contribution in [1.29, 1.82) is 0 Å². The second-order valence-electron chi connectivity index (χ2n) is 12.7. The normalized spacial score (nSPS) is 21.5. The fourth-order valence-corrected chi connectivity index (χ4v) is 6.43. The van der Waals surface area contributed by atoms with Gasteiger partial charge in [0.2, 0.25) is 5.91 Å². The SMILES string of the molecule is CC(Cc1ccc(-n2ccc(NC(=O)N3CCN(C(=O)C(C)(C)N)CC3)nc2=O)cc1)N1CCC2(CC1)CC2CN. The Morgan fingerprint density at radius 1 is 1.05 bits per heavy atom. The average Bonchev–Trinajstić information content (AvgIpc) is 3.64. The average molecular weight is 565 g/mol. The minimum atomic E-state index is -0.945. The number of piperidine rings is 1. The Labute approximate surface area is 241 Å². The van der Waals surface area contributed by atoms with Crippen molar-refractivity contribution < 1.29 is 9.59 Å². The van der Waals surface area contributed by atoms with Crippen molar-refractivity contribution in [2.75, 3.05) is 51.1 Å². The zero-order valence-corrected chi connectivity index (χ0v) is 24.5. The van der Waals surface area contributed by atoms with Gasteiger partial charge in [-0.2, -0.15) is 4.98 Å². The van der Waals surface area contributed by atoms with Crippen molar-refractivity contribution in [2.45, 2.75) is 58.0 Å². The summed E-state index contributed by atoms with van der Waals surface area (Å²) in [7, 11) is 0. The van der Waals surface area contributed by atoms with Crippen LogP contribution in [0.4, 0.5) is 10.6 Å². The molecule has 41 heavy (non-hydrogen) atoms. The molecule has 2 unspecified atom stereocenters. The lowest BCUT2D eigenvalue weighted by atomic mass is 9.89. The highest BCUT2D eigenvalue weighted by Crippen LogP contribution is 2.58. The number of hydrogen-bond acceptors (Lipinski definition) is 7. The molecule has 1 spiro atoms. The van der Waals surface area contributed by atoms with Crippen molar-refractivity contribution in [1.82, 2.24) is 24.3 Å². The Kier molecular flexibility index (Phi) is 8.22. The summed E-state index contributed by atoms with van der Waals surface area (Å²) in [5, 5.41) is 2.71. The predicted octanol–water partition coefficient (Wildman–Crippen LogP) is 1.64. The number of rotatable bonds is 7. The lowest BCUT2D eigenvalue weighted by Gasteiger charge is -2.37. The Morgan fingerprint density at radius 3 is 2.24 bits per heavy atom. The van der Waals surface area contributed by atoms with Gasteiger partial charge in [0.15, 0.2) is 0 Å². The molecule has 1 aliphatic carbocycles. The summed E-state index contributed by atoms with van der Waals surface area (Å²) in [5.74, 6) is 0.787. The molecular weight excluding hydrogens is 520 g/mol. The van der Waals surface area contributed by atoms with E-state index in [1.807, 2.05) is 12.1 Å². The molecule has 3 fully saturated rings. The van der Waals surface area contributed by atoms with Crippen LogP contribution in [0.3, 0.4) is 0 Å². The highest BCUT2D eigenvalue weighted by molar-refractivity contribution is 5.89. The number of urea groups is 1. The predicted molar refractivity (Wildman–Crippen MR) is 159 cm³/mol. The summed E-state index contributed by atoms with van der Waals surface area (Å²) in [4.78, 5) is 47.8. The number of amides is 3. The minimum absolute atomic E-state index is 0.139. The van der Waals surface area contributed by atoms with Gasteiger partial charge in [-0.05, 0) is 101 Å².